The molecular weight excluding hydrogens is 270 g/mol. The highest BCUT2D eigenvalue weighted by Crippen LogP contribution is 2.39. The van der Waals surface area contributed by atoms with Gasteiger partial charge in [0.15, 0.2) is 0 Å². The first kappa shape index (κ1) is 14.8. The summed E-state index contributed by atoms with van der Waals surface area (Å²) in [4.78, 5) is 23.0. The van der Waals surface area contributed by atoms with E-state index in [1.807, 2.05) is 30.3 Å². The van der Waals surface area contributed by atoms with Gasteiger partial charge in [0, 0.05) is 5.70 Å². The summed E-state index contributed by atoms with van der Waals surface area (Å²) in [6, 6.07) is 9.15. The van der Waals surface area contributed by atoms with Gasteiger partial charge in [-0.3, -0.25) is 9.59 Å². The van der Waals surface area contributed by atoms with E-state index in [-0.39, 0.29) is 12.1 Å². The molecule has 0 heterocycles. The standard InChI is InChI=1S/C16H17NO4/c1-15(13(18)19)7-8-16(14(20)21,10-12(15)17)9-11-5-3-2-4-6-11/h2-8,10H,9,17H2,1H3,(H,18,19)(H,20,21). The third-order valence-electron chi connectivity index (χ3n) is 3.91. The lowest BCUT2D eigenvalue weighted by molar-refractivity contribution is -0.146. The average molecular weight is 287 g/mol. The van der Waals surface area contributed by atoms with Crippen LogP contribution in [0.5, 0.6) is 0 Å². The molecule has 110 valence electrons. The quantitative estimate of drug-likeness (QED) is 0.733. The lowest BCUT2D eigenvalue weighted by Gasteiger charge is -2.33. The van der Waals surface area contributed by atoms with Crippen molar-refractivity contribution in [3.8, 4) is 0 Å². The molecule has 1 aromatic rings. The SMILES string of the molecule is CC1(C(=O)O)C=CC(Cc2ccccc2)(C(=O)O)C=C1N. The van der Waals surface area contributed by atoms with Gasteiger partial charge in [-0.1, -0.05) is 42.5 Å². The molecule has 0 bridgehead atoms. The second-order valence-electron chi connectivity index (χ2n) is 5.45. The van der Waals surface area contributed by atoms with E-state index in [4.69, 9.17) is 5.73 Å². The Hall–Kier alpha value is -2.56. The number of hydrogen-bond donors (Lipinski definition) is 3. The van der Waals surface area contributed by atoms with Crippen molar-refractivity contribution in [3.63, 3.8) is 0 Å². The molecule has 1 aliphatic rings. The zero-order valence-corrected chi connectivity index (χ0v) is 11.6. The van der Waals surface area contributed by atoms with Gasteiger partial charge in [-0.2, -0.15) is 0 Å². The number of benzene rings is 1. The smallest absolute Gasteiger partial charge is 0.319 e. The van der Waals surface area contributed by atoms with Crippen molar-refractivity contribution < 1.29 is 19.8 Å². The van der Waals surface area contributed by atoms with Gasteiger partial charge in [-0.25, -0.2) is 0 Å². The van der Waals surface area contributed by atoms with Gasteiger partial charge >= 0.3 is 11.9 Å². The maximum atomic E-state index is 11.7. The third kappa shape index (κ3) is 2.54. The molecule has 2 atom stereocenters. The molecule has 5 nitrogen and oxygen atoms in total. The zero-order valence-electron chi connectivity index (χ0n) is 11.6. The highest BCUT2D eigenvalue weighted by Gasteiger charge is 2.44. The molecule has 0 radical (unpaired) electrons. The van der Waals surface area contributed by atoms with Gasteiger partial charge in [0.25, 0.3) is 0 Å². The van der Waals surface area contributed by atoms with Crippen LogP contribution in [-0.4, -0.2) is 22.2 Å². The Kier molecular flexibility index (Phi) is 3.60. The molecule has 0 saturated carbocycles. The minimum Gasteiger partial charge on any atom is -0.480 e. The molecule has 1 aliphatic carbocycles. The summed E-state index contributed by atoms with van der Waals surface area (Å²) in [5.74, 6) is -2.16. The van der Waals surface area contributed by atoms with Crippen LogP contribution in [0.1, 0.15) is 12.5 Å². The molecule has 0 amide bonds. The summed E-state index contributed by atoms with van der Waals surface area (Å²) in [5.41, 5.74) is 4.04. The lowest BCUT2D eigenvalue weighted by atomic mass is 9.71. The molecule has 0 saturated heterocycles. The van der Waals surface area contributed by atoms with E-state index in [0.29, 0.717) is 0 Å². The molecule has 0 aromatic heterocycles. The van der Waals surface area contributed by atoms with Crippen LogP contribution in [0.2, 0.25) is 0 Å². The Morgan fingerprint density at radius 2 is 1.71 bits per heavy atom. The van der Waals surface area contributed by atoms with Gasteiger partial charge in [-0.15, -0.1) is 0 Å². The largest absolute Gasteiger partial charge is 0.480 e. The fourth-order valence-corrected chi connectivity index (χ4v) is 2.33. The molecule has 2 rings (SSSR count). The van der Waals surface area contributed by atoms with Crippen molar-refractivity contribution in [1.29, 1.82) is 0 Å². The second-order valence-corrected chi connectivity index (χ2v) is 5.45. The average Bonchev–Trinajstić information content (AvgIpc) is 2.44. The number of carboxylic acids is 2. The minimum atomic E-state index is -1.37. The van der Waals surface area contributed by atoms with Gasteiger partial charge in [0.2, 0.25) is 0 Å². The highest BCUT2D eigenvalue weighted by molar-refractivity contribution is 5.86. The molecule has 1 aromatic carbocycles. The second kappa shape index (κ2) is 5.09. The van der Waals surface area contributed by atoms with Crippen molar-refractivity contribution in [2.75, 3.05) is 0 Å². The van der Waals surface area contributed by atoms with Crippen molar-refractivity contribution in [2.45, 2.75) is 13.3 Å². The number of carboxylic acid groups (broad SMARTS) is 2. The van der Waals surface area contributed by atoms with Crippen LogP contribution in [-0.2, 0) is 16.0 Å². The molecule has 2 unspecified atom stereocenters. The first-order chi connectivity index (χ1) is 9.80. The molecule has 4 N–H and O–H groups in total. The third-order valence-corrected chi connectivity index (χ3v) is 3.91. The number of nitrogens with two attached hydrogens (primary N) is 1. The van der Waals surface area contributed by atoms with Crippen LogP contribution in [0.15, 0.2) is 54.3 Å². The Bertz CT molecular complexity index is 635. The van der Waals surface area contributed by atoms with E-state index in [1.54, 1.807) is 0 Å². The first-order valence-electron chi connectivity index (χ1n) is 6.50. The monoisotopic (exact) mass is 287 g/mol. The molecule has 0 spiro atoms. The van der Waals surface area contributed by atoms with E-state index in [1.165, 1.54) is 25.2 Å². The van der Waals surface area contributed by atoms with Crippen LogP contribution < -0.4 is 5.73 Å². The number of hydrogen-bond acceptors (Lipinski definition) is 3. The summed E-state index contributed by atoms with van der Waals surface area (Å²) in [7, 11) is 0. The van der Waals surface area contributed by atoms with Crippen LogP contribution in [0.25, 0.3) is 0 Å². The van der Waals surface area contributed by atoms with Crippen molar-refractivity contribution in [2.24, 2.45) is 16.6 Å². The summed E-state index contributed by atoms with van der Waals surface area (Å²) >= 11 is 0. The van der Waals surface area contributed by atoms with E-state index in [0.717, 1.165) is 5.56 Å². The maximum Gasteiger partial charge on any atom is 0.319 e. The van der Waals surface area contributed by atoms with Crippen LogP contribution in [0, 0.1) is 10.8 Å². The molecular formula is C16H17NO4. The number of carbonyl (C=O) groups is 2. The van der Waals surface area contributed by atoms with E-state index in [2.05, 4.69) is 0 Å². The van der Waals surface area contributed by atoms with Crippen LogP contribution in [0.4, 0.5) is 0 Å². The summed E-state index contributed by atoms with van der Waals surface area (Å²) in [5, 5.41) is 18.8. The molecule has 5 heteroatoms. The summed E-state index contributed by atoms with van der Waals surface area (Å²) in [6.45, 7) is 1.45. The summed E-state index contributed by atoms with van der Waals surface area (Å²) in [6.07, 6.45) is 4.35. The van der Waals surface area contributed by atoms with E-state index >= 15 is 0 Å². The van der Waals surface area contributed by atoms with Gasteiger partial charge in [0.1, 0.15) is 10.8 Å². The van der Waals surface area contributed by atoms with Crippen molar-refractivity contribution >= 4 is 11.9 Å². The van der Waals surface area contributed by atoms with Crippen LogP contribution >= 0.6 is 0 Å². The predicted octanol–water partition coefficient (Wildman–Crippen LogP) is 1.80. The number of aliphatic carboxylic acids is 2. The fraction of sp³-hybridized carbons (Fsp3) is 0.250. The molecule has 0 aliphatic heterocycles. The Labute approximate surface area is 122 Å². The Morgan fingerprint density at radius 3 is 2.19 bits per heavy atom. The molecule has 0 fully saturated rings. The number of rotatable bonds is 4. The normalized spacial score (nSPS) is 28.0. The zero-order chi connectivity index (χ0) is 15.7. The van der Waals surface area contributed by atoms with E-state index < -0.39 is 22.8 Å². The Balaban J connectivity index is 2.43. The van der Waals surface area contributed by atoms with Crippen LogP contribution in [0.3, 0.4) is 0 Å². The fourth-order valence-electron chi connectivity index (χ4n) is 2.33. The highest BCUT2D eigenvalue weighted by atomic mass is 16.4. The van der Waals surface area contributed by atoms with Gasteiger partial charge in [0.05, 0.1) is 0 Å². The summed E-state index contributed by atoms with van der Waals surface area (Å²) < 4.78 is 0. The van der Waals surface area contributed by atoms with Gasteiger partial charge in [-0.05, 0) is 25.0 Å². The van der Waals surface area contributed by atoms with Crippen molar-refractivity contribution in [3.05, 3.63) is 59.8 Å². The predicted molar refractivity (Wildman–Crippen MR) is 77.4 cm³/mol. The first-order valence-corrected chi connectivity index (χ1v) is 6.50. The van der Waals surface area contributed by atoms with Gasteiger partial charge < -0.3 is 15.9 Å². The lowest BCUT2D eigenvalue weighted by Crippen LogP contribution is -2.40. The van der Waals surface area contributed by atoms with E-state index in [9.17, 15) is 19.8 Å². The maximum absolute atomic E-state index is 11.7. The Morgan fingerprint density at radius 1 is 1.10 bits per heavy atom. The topological polar surface area (TPSA) is 101 Å². The van der Waals surface area contributed by atoms with Crippen molar-refractivity contribution in [1.82, 2.24) is 0 Å². The molecule has 21 heavy (non-hydrogen) atoms. The minimum absolute atomic E-state index is 0.0378.